The molecule has 0 atom stereocenters. The Kier molecular flexibility index (Phi) is 2.23. The number of hydrogen-bond donors (Lipinski definition) is 1. The molecule has 2 aliphatic heterocycles. The Morgan fingerprint density at radius 3 is 2.75 bits per heavy atom. The average Bonchev–Trinajstić information content (AvgIpc) is 2.33. The van der Waals surface area contributed by atoms with Crippen molar-refractivity contribution >= 4 is 6.08 Å². The summed E-state index contributed by atoms with van der Waals surface area (Å²) in [7, 11) is 0. The van der Waals surface area contributed by atoms with Gasteiger partial charge in [0.2, 0.25) is 0 Å². The SMILES string of the molecule is ON1CCC2(C=Cc3ccccc3O2)CC1. The van der Waals surface area contributed by atoms with Crippen LogP contribution in [0.25, 0.3) is 6.08 Å². The first-order chi connectivity index (χ1) is 7.77. The molecule has 84 valence electrons. The predicted octanol–water partition coefficient (Wildman–Crippen LogP) is 2.32. The molecule has 2 aliphatic rings. The summed E-state index contributed by atoms with van der Waals surface area (Å²) in [5.74, 6) is 0.955. The molecule has 0 radical (unpaired) electrons. The fourth-order valence-corrected chi connectivity index (χ4v) is 2.35. The molecular weight excluding hydrogens is 202 g/mol. The van der Waals surface area contributed by atoms with Gasteiger partial charge in [-0.25, -0.2) is 0 Å². The van der Waals surface area contributed by atoms with Crippen molar-refractivity contribution in [2.75, 3.05) is 13.1 Å². The molecule has 1 fully saturated rings. The minimum Gasteiger partial charge on any atom is -0.482 e. The lowest BCUT2D eigenvalue weighted by molar-refractivity contribution is -0.131. The standard InChI is InChI=1S/C13H15NO2/c15-14-9-7-13(8-10-14)6-5-11-3-1-2-4-12(11)16-13/h1-6,15H,7-10H2. The summed E-state index contributed by atoms with van der Waals surface area (Å²) >= 11 is 0. The second kappa shape index (κ2) is 3.61. The maximum absolute atomic E-state index is 9.37. The Morgan fingerprint density at radius 1 is 1.19 bits per heavy atom. The largest absolute Gasteiger partial charge is 0.482 e. The quantitative estimate of drug-likeness (QED) is 0.724. The van der Waals surface area contributed by atoms with Gasteiger partial charge >= 0.3 is 0 Å². The van der Waals surface area contributed by atoms with Crippen LogP contribution >= 0.6 is 0 Å². The lowest BCUT2D eigenvalue weighted by Gasteiger charge is -2.40. The van der Waals surface area contributed by atoms with E-state index in [2.05, 4.69) is 18.2 Å². The van der Waals surface area contributed by atoms with Crippen molar-refractivity contribution in [3.63, 3.8) is 0 Å². The van der Waals surface area contributed by atoms with E-state index in [9.17, 15) is 5.21 Å². The molecular formula is C13H15NO2. The van der Waals surface area contributed by atoms with E-state index >= 15 is 0 Å². The summed E-state index contributed by atoms with van der Waals surface area (Å²) in [6, 6.07) is 8.07. The monoisotopic (exact) mass is 217 g/mol. The molecule has 3 rings (SSSR count). The van der Waals surface area contributed by atoms with Crippen LogP contribution in [0.4, 0.5) is 0 Å². The molecule has 0 aromatic heterocycles. The number of fused-ring (bicyclic) bond motifs is 1. The summed E-state index contributed by atoms with van der Waals surface area (Å²) < 4.78 is 6.08. The molecule has 1 N–H and O–H groups in total. The zero-order valence-corrected chi connectivity index (χ0v) is 9.10. The second-order valence-corrected chi connectivity index (χ2v) is 4.49. The normalized spacial score (nSPS) is 22.8. The van der Waals surface area contributed by atoms with Crippen LogP contribution in [-0.2, 0) is 0 Å². The van der Waals surface area contributed by atoms with Crippen LogP contribution in [0.2, 0.25) is 0 Å². The van der Waals surface area contributed by atoms with Gasteiger partial charge in [0.25, 0.3) is 0 Å². The van der Waals surface area contributed by atoms with Crippen LogP contribution < -0.4 is 4.74 Å². The van der Waals surface area contributed by atoms with Gasteiger partial charge in [-0.3, -0.25) is 0 Å². The van der Waals surface area contributed by atoms with Crippen LogP contribution in [0.1, 0.15) is 18.4 Å². The number of nitrogens with zero attached hydrogens (tertiary/aromatic N) is 1. The molecule has 16 heavy (non-hydrogen) atoms. The van der Waals surface area contributed by atoms with Gasteiger partial charge < -0.3 is 9.94 Å². The molecule has 0 amide bonds. The van der Waals surface area contributed by atoms with Crippen molar-refractivity contribution in [2.24, 2.45) is 0 Å². The smallest absolute Gasteiger partial charge is 0.130 e. The Balaban J connectivity index is 1.87. The van der Waals surface area contributed by atoms with E-state index in [1.807, 2.05) is 18.2 Å². The van der Waals surface area contributed by atoms with E-state index in [4.69, 9.17) is 4.74 Å². The summed E-state index contributed by atoms with van der Waals surface area (Å²) in [6.45, 7) is 1.35. The van der Waals surface area contributed by atoms with Crippen molar-refractivity contribution in [2.45, 2.75) is 18.4 Å². The van der Waals surface area contributed by atoms with E-state index in [1.165, 1.54) is 5.06 Å². The molecule has 1 aromatic rings. The number of hydroxylamine groups is 2. The second-order valence-electron chi connectivity index (χ2n) is 4.49. The first-order valence-corrected chi connectivity index (χ1v) is 5.69. The number of rotatable bonds is 0. The zero-order chi connectivity index (χ0) is 11.0. The van der Waals surface area contributed by atoms with Crippen LogP contribution in [0, 0.1) is 0 Å². The van der Waals surface area contributed by atoms with Crippen molar-refractivity contribution in [1.29, 1.82) is 0 Å². The summed E-state index contributed by atoms with van der Waals surface area (Å²) in [5, 5.41) is 10.7. The molecule has 3 nitrogen and oxygen atoms in total. The van der Waals surface area contributed by atoms with Gasteiger partial charge in [-0.05, 0) is 12.1 Å². The molecule has 2 heterocycles. The van der Waals surface area contributed by atoms with Crippen molar-refractivity contribution < 1.29 is 9.94 Å². The highest BCUT2D eigenvalue weighted by Gasteiger charge is 2.36. The van der Waals surface area contributed by atoms with Crippen LogP contribution in [-0.4, -0.2) is 29.0 Å². The van der Waals surface area contributed by atoms with E-state index in [0.717, 1.165) is 24.2 Å². The van der Waals surface area contributed by atoms with Gasteiger partial charge in [0, 0.05) is 31.5 Å². The summed E-state index contributed by atoms with van der Waals surface area (Å²) in [6.07, 6.45) is 5.96. The highest BCUT2D eigenvalue weighted by molar-refractivity contribution is 5.60. The third-order valence-corrected chi connectivity index (χ3v) is 3.39. The Hall–Kier alpha value is -1.32. The lowest BCUT2D eigenvalue weighted by atomic mass is 9.89. The van der Waals surface area contributed by atoms with Gasteiger partial charge in [0.1, 0.15) is 11.4 Å². The fraction of sp³-hybridized carbons (Fsp3) is 0.385. The molecule has 0 unspecified atom stereocenters. The molecule has 1 aromatic carbocycles. The first kappa shape index (κ1) is 9.87. The number of para-hydroxylation sites is 1. The van der Waals surface area contributed by atoms with Gasteiger partial charge in [0.05, 0.1) is 0 Å². The average molecular weight is 217 g/mol. The minimum atomic E-state index is -0.201. The highest BCUT2D eigenvalue weighted by Crippen LogP contribution is 2.36. The van der Waals surface area contributed by atoms with E-state index in [1.54, 1.807) is 0 Å². The molecule has 0 saturated carbocycles. The van der Waals surface area contributed by atoms with E-state index < -0.39 is 0 Å². The van der Waals surface area contributed by atoms with Gasteiger partial charge in [0.15, 0.2) is 0 Å². The molecule has 0 aliphatic carbocycles. The van der Waals surface area contributed by atoms with Gasteiger partial charge in [-0.15, -0.1) is 0 Å². The topological polar surface area (TPSA) is 32.7 Å². The molecule has 0 bridgehead atoms. The van der Waals surface area contributed by atoms with Crippen molar-refractivity contribution in [3.05, 3.63) is 35.9 Å². The van der Waals surface area contributed by atoms with Crippen LogP contribution in [0.15, 0.2) is 30.3 Å². The summed E-state index contributed by atoms with van der Waals surface area (Å²) in [5.41, 5.74) is 0.938. The third kappa shape index (κ3) is 1.62. The number of hydrogen-bond acceptors (Lipinski definition) is 3. The highest BCUT2D eigenvalue weighted by atomic mass is 16.5. The minimum absolute atomic E-state index is 0.201. The number of piperidine rings is 1. The predicted molar refractivity (Wildman–Crippen MR) is 61.4 cm³/mol. The van der Waals surface area contributed by atoms with Crippen LogP contribution in [0.5, 0.6) is 5.75 Å². The van der Waals surface area contributed by atoms with Crippen molar-refractivity contribution in [1.82, 2.24) is 5.06 Å². The third-order valence-electron chi connectivity index (χ3n) is 3.39. The Bertz CT molecular complexity index is 420. The Morgan fingerprint density at radius 2 is 1.94 bits per heavy atom. The Labute approximate surface area is 94.9 Å². The van der Waals surface area contributed by atoms with E-state index in [-0.39, 0.29) is 5.60 Å². The maximum Gasteiger partial charge on any atom is 0.130 e. The van der Waals surface area contributed by atoms with Gasteiger partial charge in [-0.1, -0.05) is 24.3 Å². The van der Waals surface area contributed by atoms with Crippen molar-refractivity contribution in [3.8, 4) is 5.75 Å². The number of benzene rings is 1. The molecule has 1 saturated heterocycles. The molecule has 1 spiro atoms. The zero-order valence-electron chi connectivity index (χ0n) is 9.10. The van der Waals surface area contributed by atoms with E-state index in [0.29, 0.717) is 13.1 Å². The van der Waals surface area contributed by atoms with Crippen LogP contribution in [0.3, 0.4) is 0 Å². The number of ether oxygens (including phenoxy) is 1. The van der Waals surface area contributed by atoms with Gasteiger partial charge in [-0.2, -0.15) is 5.06 Å². The maximum atomic E-state index is 9.37. The lowest BCUT2D eigenvalue weighted by Crippen LogP contribution is -2.46. The molecule has 3 heteroatoms. The summed E-state index contributed by atoms with van der Waals surface area (Å²) in [4.78, 5) is 0. The fourth-order valence-electron chi connectivity index (χ4n) is 2.35. The first-order valence-electron chi connectivity index (χ1n) is 5.69.